The van der Waals surface area contributed by atoms with E-state index in [0.29, 0.717) is 22.7 Å². The quantitative estimate of drug-likeness (QED) is 0.315. The number of para-hydroxylation sites is 2. The minimum absolute atomic E-state index is 0.142. The molecule has 0 bridgehead atoms. The predicted molar refractivity (Wildman–Crippen MR) is 130 cm³/mol. The van der Waals surface area contributed by atoms with E-state index in [4.69, 9.17) is 14.4 Å². The summed E-state index contributed by atoms with van der Waals surface area (Å²) in [6.45, 7) is 0. The zero-order chi connectivity index (χ0) is 22.2. The first-order chi connectivity index (χ1) is 16.3. The minimum Gasteiger partial charge on any atom is -0.507 e. The van der Waals surface area contributed by atoms with Gasteiger partial charge in [-0.05, 0) is 48.5 Å². The van der Waals surface area contributed by atoms with Gasteiger partial charge in [0.1, 0.15) is 27.6 Å². The van der Waals surface area contributed by atoms with E-state index in [1.807, 2.05) is 72.8 Å². The second-order valence-corrected chi connectivity index (χ2v) is 8.58. The number of rotatable bonds is 4. The van der Waals surface area contributed by atoms with Crippen LogP contribution >= 0.6 is 11.8 Å². The van der Waals surface area contributed by atoms with Crippen molar-refractivity contribution in [1.29, 1.82) is 0 Å². The molecule has 0 radical (unpaired) electrons. The Labute approximate surface area is 193 Å². The fourth-order valence-corrected chi connectivity index (χ4v) is 4.64. The number of furan rings is 1. The number of nitrogens with zero attached hydrogens (tertiary/aromatic N) is 3. The van der Waals surface area contributed by atoms with Crippen molar-refractivity contribution in [3.8, 4) is 28.4 Å². The number of fused-ring (bicyclic) bond motifs is 3. The third-order valence-electron chi connectivity index (χ3n) is 5.33. The molecule has 3 aromatic carbocycles. The molecular formula is C27H17N3O2S. The van der Waals surface area contributed by atoms with Crippen molar-refractivity contribution >= 4 is 33.8 Å². The number of pyridine rings is 1. The molecule has 33 heavy (non-hydrogen) atoms. The van der Waals surface area contributed by atoms with Gasteiger partial charge in [-0.25, -0.2) is 15.0 Å². The van der Waals surface area contributed by atoms with Crippen molar-refractivity contribution in [3.63, 3.8) is 0 Å². The Kier molecular flexibility index (Phi) is 4.78. The topological polar surface area (TPSA) is 72.0 Å². The highest BCUT2D eigenvalue weighted by Crippen LogP contribution is 2.38. The summed E-state index contributed by atoms with van der Waals surface area (Å²) in [4.78, 5) is 15.2. The van der Waals surface area contributed by atoms with Crippen molar-refractivity contribution in [2.75, 3.05) is 0 Å². The van der Waals surface area contributed by atoms with Gasteiger partial charge in [0.25, 0.3) is 0 Å². The molecule has 0 unspecified atom stereocenters. The van der Waals surface area contributed by atoms with Crippen molar-refractivity contribution in [2.24, 2.45) is 0 Å². The zero-order valence-corrected chi connectivity index (χ0v) is 18.2. The Hall–Kier alpha value is -4.16. The van der Waals surface area contributed by atoms with Gasteiger partial charge >= 0.3 is 0 Å². The first-order valence-corrected chi connectivity index (χ1v) is 11.2. The van der Waals surface area contributed by atoms with Crippen molar-refractivity contribution in [1.82, 2.24) is 15.0 Å². The normalized spacial score (nSPS) is 11.3. The second kappa shape index (κ2) is 8.07. The first-order valence-electron chi connectivity index (χ1n) is 10.4. The standard InChI is InChI=1S/C27H17N3O2S/c31-21-12-3-1-10-19(21)24-26-25(20-11-2-4-13-22(20)32-26)30-27(29-24)17-8-7-9-18(16-17)33-23-14-5-6-15-28-23/h1-16,31H. The fourth-order valence-electron chi connectivity index (χ4n) is 3.80. The Morgan fingerprint density at radius 3 is 2.52 bits per heavy atom. The lowest BCUT2D eigenvalue weighted by Crippen LogP contribution is -1.94. The predicted octanol–water partition coefficient (Wildman–Crippen LogP) is 6.96. The van der Waals surface area contributed by atoms with Gasteiger partial charge in [-0.15, -0.1) is 0 Å². The van der Waals surface area contributed by atoms with Gasteiger partial charge in [-0.3, -0.25) is 0 Å². The summed E-state index contributed by atoms with van der Waals surface area (Å²) >= 11 is 1.58. The van der Waals surface area contributed by atoms with E-state index >= 15 is 0 Å². The van der Waals surface area contributed by atoms with Crippen LogP contribution in [-0.2, 0) is 0 Å². The van der Waals surface area contributed by atoms with Crippen LogP contribution in [0.25, 0.3) is 44.7 Å². The second-order valence-electron chi connectivity index (χ2n) is 7.49. The van der Waals surface area contributed by atoms with Crippen molar-refractivity contribution in [3.05, 3.63) is 97.2 Å². The van der Waals surface area contributed by atoms with E-state index in [-0.39, 0.29) is 5.75 Å². The van der Waals surface area contributed by atoms with E-state index in [9.17, 15) is 5.11 Å². The lowest BCUT2D eigenvalue weighted by Gasteiger charge is -2.08. The lowest BCUT2D eigenvalue weighted by molar-refractivity contribution is 0.477. The monoisotopic (exact) mass is 447 g/mol. The molecule has 0 aliphatic rings. The summed E-state index contributed by atoms with van der Waals surface area (Å²) in [6.07, 6.45) is 1.78. The van der Waals surface area contributed by atoms with Gasteiger partial charge in [0, 0.05) is 27.6 Å². The molecule has 3 aromatic heterocycles. The smallest absolute Gasteiger partial charge is 0.180 e. The maximum Gasteiger partial charge on any atom is 0.180 e. The van der Waals surface area contributed by atoms with Crippen LogP contribution in [0.15, 0.2) is 112 Å². The Balaban J connectivity index is 1.56. The zero-order valence-electron chi connectivity index (χ0n) is 17.3. The number of hydrogen-bond acceptors (Lipinski definition) is 6. The molecule has 0 atom stereocenters. The summed E-state index contributed by atoms with van der Waals surface area (Å²) in [5, 5.41) is 12.4. The van der Waals surface area contributed by atoms with Gasteiger partial charge in [-0.2, -0.15) is 0 Å². The van der Waals surface area contributed by atoms with Crippen molar-refractivity contribution < 1.29 is 9.52 Å². The largest absolute Gasteiger partial charge is 0.507 e. The van der Waals surface area contributed by atoms with E-state index in [1.54, 1.807) is 30.1 Å². The van der Waals surface area contributed by atoms with Crippen LogP contribution in [0.1, 0.15) is 0 Å². The molecule has 6 heteroatoms. The molecule has 0 saturated heterocycles. The van der Waals surface area contributed by atoms with Gasteiger partial charge in [0.2, 0.25) is 0 Å². The maximum atomic E-state index is 10.6. The summed E-state index contributed by atoms with van der Waals surface area (Å²) < 4.78 is 6.14. The van der Waals surface area contributed by atoms with Crippen LogP contribution in [-0.4, -0.2) is 20.1 Å². The number of aromatic nitrogens is 3. The van der Waals surface area contributed by atoms with Crippen molar-refractivity contribution in [2.45, 2.75) is 9.92 Å². The van der Waals surface area contributed by atoms with Crippen LogP contribution in [0.5, 0.6) is 5.75 Å². The molecule has 0 amide bonds. The number of aromatic hydroxyl groups is 1. The average Bonchev–Trinajstić information content (AvgIpc) is 3.23. The van der Waals surface area contributed by atoms with Crippen LogP contribution < -0.4 is 0 Å². The maximum absolute atomic E-state index is 10.6. The van der Waals surface area contributed by atoms with E-state index in [0.717, 1.165) is 32.0 Å². The fraction of sp³-hybridized carbons (Fsp3) is 0. The number of hydrogen-bond donors (Lipinski definition) is 1. The number of phenols is 1. The molecule has 0 saturated carbocycles. The number of phenolic OH excluding ortho intramolecular Hbond substituents is 1. The summed E-state index contributed by atoms with van der Waals surface area (Å²) in [5.74, 6) is 0.708. The molecule has 0 aliphatic heterocycles. The SMILES string of the molecule is Oc1ccccc1-c1nc(-c2cccc(Sc3ccccn3)c2)nc2c1oc1ccccc12. The van der Waals surface area contributed by atoms with Gasteiger partial charge in [0.15, 0.2) is 11.4 Å². The molecule has 5 nitrogen and oxygen atoms in total. The Morgan fingerprint density at radius 1 is 0.788 bits per heavy atom. The molecule has 0 aliphatic carbocycles. The molecule has 3 heterocycles. The van der Waals surface area contributed by atoms with E-state index in [2.05, 4.69) is 11.1 Å². The summed E-state index contributed by atoms with van der Waals surface area (Å²) in [6, 6.07) is 28.8. The van der Waals surface area contributed by atoms with Gasteiger partial charge in [-0.1, -0.05) is 54.2 Å². The first kappa shape index (κ1) is 19.5. The third kappa shape index (κ3) is 3.60. The summed E-state index contributed by atoms with van der Waals surface area (Å²) in [5.41, 5.74) is 4.04. The average molecular weight is 448 g/mol. The highest BCUT2D eigenvalue weighted by molar-refractivity contribution is 7.99. The lowest BCUT2D eigenvalue weighted by atomic mass is 10.1. The molecule has 6 rings (SSSR count). The highest BCUT2D eigenvalue weighted by Gasteiger charge is 2.19. The number of benzene rings is 3. The molecule has 1 N–H and O–H groups in total. The van der Waals surface area contributed by atoms with E-state index in [1.165, 1.54) is 0 Å². The molecule has 158 valence electrons. The minimum atomic E-state index is 0.142. The van der Waals surface area contributed by atoms with Crippen LogP contribution in [0, 0.1) is 0 Å². The Bertz CT molecular complexity index is 1610. The van der Waals surface area contributed by atoms with Crippen LogP contribution in [0.4, 0.5) is 0 Å². The molecular weight excluding hydrogens is 430 g/mol. The van der Waals surface area contributed by atoms with Gasteiger partial charge in [0.05, 0.1) is 0 Å². The summed E-state index contributed by atoms with van der Waals surface area (Å²) in [7, 11) is 0. The van der Waals surface area contributed by atoms with E-state index < -0.39 is 0 Å². The Morgan fingerprint density at radius 2 is 1.64 bits per heavy atom. The third-order valence-corrected chi connectivity index (χ3v) is 6.27. The molecule has 0 spiro atoms. The molecule has 0 fully saturated rings. The highest BCUT2D eigenvalue weighted by atomic mass is 32.2. The molecule has 6 aromatic rings. The van der Waals surface area contributed by atoms with Crippen LogP contribution in [0.3, 0.4) is 0 Å². The van der Waals surface area contributed by atoms with Gasteiger partial charge < -0.3 is 9.52 Å². The van der Waals surface area contributed by atoms with Crippen LogP contribution in [0.2, 0.25) is 0 Å².